The van der Waals surface area contributed by atoms with Gasteiger partial charge >= 0.3 is 0 Å². The minimum atomic E-state index is 0.604. The lowest BCUT2D eigenvalue weighted by atomic mass is 9.88. The molecule has 4 unspecified atom stereocenters. The van der Waals surface area contributed by atoms with Gasteiger partial charge in [-0.1, -0.05) is 20.3 Å². The highest BCUT2D eigenvalue weighted by Crippen LogP contribution is 2.48. The third kappa shape index (κ3) is 2.16. The van der Waals surface area contributed by atoms with Crippen LogP contribution in [0.1, 0.15) is 58.8 Å². The molecule has 0 aromatic heterocycles. The van der Waals surface area contributed by atoms with Crippen LogP contribution in [0.25, 0.3) is 0 Å². The van der Waals surface area contributed by atoms with Gasteiger partial charge in [0, 0.05) is 6.04 Å². The standard InChI is InChI=1S/C15H27N/c1-15(2)6-5-14(9-15)16-10-13-8-11-3-4-12(13)7-11/h11-14,16H,3-10H2,1-2H3. The topological polar surface area (TPSA) is 12.0 Å². The first-order valence-corrected chi connectivity index (χ1v) is 7.36. The van der Waals surface area contributed by atoms with Crippen molar-refractivity contribution < 1.29 is 0 Å². The zero-order valence-corrected chi connectivity index (χ0v) is 11.0. The van der Waals surface area contributed by atoms with Crippen LogP contribution in [0.2, 0.25) is 0 Å². The van der Waals surface area contributed by atoms with Crippen molar-refractivity contribution in [1.82, 2.24) is 5.32 Å². The molecule has 16 heavy (non-hydrogen) atoms. The Balaban J connectivity index is 1.44. The second kappa shape index (κ2) is 4.01. The third-order valence-corrected chi connectivity index (χ3v) is 5.52. The summed E-state index contributed by atoms with van der Waals surface area (Å²) in [7, 11) is 0. The molecule has 1 heteroatoms. The molecule has 0 radical (unpaired) electrons. The van der Waals surface area contributed by atoms with E-state index in [1.54, 1.807) is 6.42 Å². The van der Waals surface area contributed by atoms with Gasteiger partial charge in [-0.3, -0.25) is 0 Å². The first-order chi connectivity index (χ1) is 7.62. The van der Waals surface area contributed by atoms with Crippen molar-refractivity contribution in [2.75, 3.05) is 6.54 Å². The molecule has 3 saturated carbocycles. The van der Waals surface area contributed by atoms with E-state index in [9.17, 15) is 0 Å². The van der Waals surface area contributed by atoms with Gasteiger partial charge < -0.3 is 5.32 Å². The van der Waals surface area contributed by atoms with Crippen molar-refractivity contribution in [1.29, 1.82) is 0 Å². The van der Waals surface area contributed by atoms with Crippen LogP contribution in [-0.2, 0) is 0 Å². The lowest BCUT2D eigenvalue weighted by Crippen LogP contribution is -2.34. The maximum Gasteiger partial charge on any atom is 0.00724 e. The largest absolute Gasteiger partial charge is 0.314 e. The molecule has 0 saturated heterocycles. The van der Waals surface area contributed by atoms with Gasteiger partial charge in [-0.2, -0.15) is 0 Å². The minimum Gasteiger partial charge on any atom is -0.314 e. The zero-order valence-electron chi connectivity index (χ0n) is 11.0. The number of fused-ring (bicyclic) bond motifs is 2. The molecule has 1 nitrogen and oxygen atoms in total. The van der Waals surface area contributed by atoms with Crippen LogP contribution in [0.3, 0.4) is 0 Å². The first kappa shape index (κ1) is 11.1. The molecule has 92 valence electrons. The molecular formula is C15H27N. The van der Waals surface area contributed by atoms with Crippen LogP contribution in [0.4, 0.5) is 0 Å². The highest BCUT2D eigenvalue weighted by Gasteiger charge is 2.39. The van der Waals surface area contributed by atoms with E-state index in [1.165, 1.54) is 45.1 Å². The van der Waals surface area contributed by atoms with Crippen molar-refractivity contribution in [2.24, 2.45) is 23.2 Å². The van der Waals surface area contributed by atoms with E-state index >= 15 is 0 Å². The van der Waals surface area contributed by atoms with Crippen LogP contribution in [0, 0.1) is 23.2 Å². The van der Waals surface area contributed by atoms with E-state index in [0.29, 0.717) is 5.41 Å². The summed E-state index contributed by atoms with van der Waals surface area (Å²) in [6, 6.07) is 0.828. The van der Waals surface area contributed by atoms with Crippen molar-refractivity contribution in [3.05, 3.63) is 0 Å². The Hall–Kier alpha value is -0.0400. The van der Waals surface area contributed by atoms with E-state index in [-0.39, 0.29) is 0 Å². The molecule has 3 fully saturated rings. The number of rotatable bonds is 3. The Labute approximate surface area is 100 Å². The maximum absolute atomic E-state index is 3.86. The molecule has 0 aliphatic heterocycles. The normalized spacial score (nSPS) is 45.4. The Kier molecular flexibility index (Phi) is 2.78. The van der Waals surface area contributed by atoms with Gasteiger partial charge in [-0.15, -0.1) is 0 Å². The van der Waals surface area contributed by atoms with Crippen LogP contribution < -0.4 is 5.32 Å². The predicted molar refractivity (Wildman–Crippen MR) is 68.4 cm³/mol. The molecule has 3 aliphatic rings. The Morgan fingerprint density at radius 2 is 2.00 bits per heavy atom. The monoisotopic (exact) mass is 221 g/mol. The second-order valence-corrected chi connectivity index (χ2v) is 7.45. The fraction of sp³-hybridized carbons (Fsp3) is 1.00. The molecule has 1 N–H and O–H groups in total. The van der Waals surface area contributed by atoms with Crippen LogP contribution in [0.5, 0.6) is 0 Å². The Bertz CT molecular complexity index is 258. The summed E-state index contributed by atoms with van der Waals surface area (Å²) in [6.45, 7) is 6.17. The molecule has 2 bridgehead atoms. The summed E-state index contributed by atoms with van der Waals surface area (Å²) in [5.41, 5.74) is 0.604. The summed E-state index contributed by atoms with van der Waals surface area (Å²) in [6.07, 6.45) is 10.4. The Morgan fingerprint density at radius 3 is 2.56 bits per heavy atom. The zero-order chi connectivity index (χ0) is 11.2. The molecule has 0 aromatic carbocycles. The van der Waals surface area contributed by atoms with Crippen molar-refractivity contribution in [2.45, 2.75) is 64.8 Å². The highest BCUT2D eigenvalue weighted by atomic mass is 14.9. The summed E-state index contributed by atoms with van der Waals surface area (Å²) in [5, 5.41) is 3.86. The van der Waals surface area contributed by atoms with Gasteiger partial charge in [-0.25, -0.2) is 0 Å². The molecule has 4 atom stereocenters. The SMILES string of the molecule is CC1(C)CCC(NCC2CC3CCC2C3)C1. The molecule has 3 aliphatic carbocycles. The number of nitrogens with one attached hydrogen (secondary N) is 1. The summed E-state index contributed by atoms with van der Waals surface area (Å²) in [5.74, 6) is 3.23. The van der Waals surface area contributed by atoms with E-state index in [4.69, 9.17) is 0 Å². The van der Waals surface area contributed by atoms with Gasteiger partial charge in [0.2, 0.25) is 0 Å². The molecular weight excluding hydrogens is 194 g/mol. The van der Waals surface area contributed by atoms with Gasteiger partial charge in [0.1, 0.15) is 0 Å². The number of hydrogen-bond acceptors (Lipinski definition) is 1. The summed E-state index contributed by atoms with van der Waals surface area (Å²) < 4.78 is 0. The van der Waals surface area contributed by atoms with E-state index in [1.807, 2.05) is 0 Å². The third-order valence-electron chi connectivity index (χ3n) is 5.52. The fourth-order valence-electron chi connectivity index (χ4n) is 4.55. The summed E-state index contributed by atoms with van der Waals surface area (Å²) in [4.78, 5) is 0. The molecule has 0 aromatic rings. The lowest BCUT2D eigenvalue weighted by molar-refractivity contribution is 0.298. The average molecular weight is 221 g/mol. The molecule has 0 heterocycles. The number of hydrogen-bond donors (Lipinski definition) is 1. The second-order valence-electron chi connectivity index (χ2n) is 7.45. The van der Waals surface area contributed by atoms with Crippen LogP contribution >= 0.6 is 0 Å². The van der Waals surface area contributed by atoms with Gasteiger partial charge in [0.05, 0.1) is 0 Å². The molecule has 3 rings (SSSR count). The van der Waals surface area contributed by atoms with E-state index in [0.717, 1.165) is 23.8 Å². The lowest BCUT2D eigenvalue weighted by Gasteiger charge is -2.24. The molecule has 0 amide bonds. The fourth-order valence-corrected chi connectivity index (χ4v) is 4.55. The van der Waals surface area contributed by atoms with Crippen molar-refractivity contribution >= 4 is 0 Å². The highest BCUT2D eigenvalue weighted by molar-refractivity contribution is 4.92. The van der Waals surface area contributed by atoms with Gasteiger partial charge in [-0.05, 0) is 68.2 Å². The van der Waals surface area contributed by atoms with Crippen molar-refractivity contribution in [3.8, 4) is 0 Å². The van der Waals surface area contributed by atoms with Crippen molar-refractivity contribution in [3.63, 3.8) is 0 Å². The Morgan fingerprint density at radius 1 is 1.12 bits per heavy atom. The quantitative estimate of drug-likeness (QED) is 0.768. The van der Waals surface area contributed by atoms with Gasteiger partial charge in [0.25, 0.3) is 0 Å². The molecule has 0 spiro atoms. The van der Waals surface area contributed by atoms with E-state index in [2.05, 4.69) is 19.2 Å². The maximum atomic E-state index is 3.86. The van der Waals surface area contributed by atoms with Gasteiger partial charge in [0.15, 0.2) is 0 Å². The van der Waals surface area contributed by atoms with Crippen LogP contribution in [-0.4, -0.2) is 12.6 Å². The summed E-state index contributed by atoms with van der Waals surface area (Å²) >= 11 is 0. The average Bonchev–Trinajstić information content (AvgIpc) is 2.89. The minimum absolute atomic E-state index is 0.604. The smallest absolute Gasteiger partial charge is 0.00724 e. The van der Waals surface area contributed by atoms with Crippen LogP contribution in [0.15, 0.2) is 0 Å². The predicted octanol–water partition coefficient (Wildman–Crippen LogP) is 3.59. The first-order valence-electron chi connectivity index (χ1n) is 7.36. The van der Waals surface area contributed by atoms with E-state index < -0.39 is 0 Å².